The summed E-state index contributed by atoms with van der Waals surface area (Å²) in [7, 11) is 7.00. The van der Waals surface area contributed by atoms with E-state index in [1.165, 1.54) is 70.6 Å². The first-order chi connectivity index (χ1) is 13.2. The first-order valence-electron chi connectivity index (χ1n) is 11.9. The van der Waals surface area contributed by atoms with E-state index >= 15 is 0 Å². The lowest BCUT2D eigenvalue weighted by molar-refractivity contribution is -0.107. The minimum Gasteiger partial charge on any atom is -0.385 e. The third kappa shape index (κ3) is 58.6. The lowest BCUT2D eigenvalue weighted by Crippen LogP contribution is -1.88. The van der Waals surface area contributed by atoms with Crippen molar-refractivity contribution in [2.75, 3.05) is 13.7 Å². The van der Waals surface area contributed by atoms with Crippen LogP contribution in [0.5, 0.6) is 0 Å². The van der Waals surface area contributed by atoms with Gasteiger partial charge in [-0.2, -0.15) is 0 Å². The highest BCUT2D eigenvalue weighted by atomic mass is 16.5. The van der Waals surface area contributed by atoms with E-state index in [2.05, 4.69) is 20.8 Å². The fraction of sp³-hybridized carbons (Fsp3) is 0.958. The van der Waals surface area contributed by atoms with Gasteiger partial charge in [-0.1, -0.05) is 118 Å². The molecule has 0 fully saturated rings. The van der Waals surface area contributed by atoms with Crippen LogP contribution in [0, 0.1) is 0 Å². The fourth-order valence-electron chi connectivity index (χ4n) is 2.28. The summed E-state index contributed by atoms with van der Waals surface area (Å²) in [5.41, 5.74) is 0. The van der Waals surface area contributed by atoms with Crippen molar-refractivity contribution in [2.45, 2.75) is 137 Å². The van der Waals surface area contributed by atoms with E-state index in [9.17, 15) is 4.79 Å². The molecule has 0 aliphatic rings. The molecule has 0 heterocycles. The van der Waals surface area contributed by atoms with Gasteiger partial charge in [0.15, 0.2) is 0 Å². The molecule has 0 bridgehead atoms. The molecule has 0 saturated carbocycles. The highest BCUT2D eigenvalue weighted by Gasteiger charge is 1.90. The average Bonchev–Trinajstić information content (AvgIpc) is 2.71. The Morgan fingerprint density at radius 2 is 1.11 bits per heavy atom. The molecule has 0 amide bonds. The standard InChI is InChI=1S/C11H24O.C6H11BO.C5H12.C2H6/c1-3-4-5-6-7-8-9-10-11-12-2;7-5-3-1-2-4-6-8;1-3-5-4-2;1-2/h3-11H2,1-2H3;6H,1-5H2;3-5H2,1-2H3;1-2H3. The maximum Gasteiger partial charge on any atom is 0.119 e. The van der Waals surface area contributed by atoms with Crippen molar-refractivity contribution < 1.29 is 9.53 Å². The van der Waals surface area contributed by atoms with Crippen LogP contribution in [0.15, 0.2) is 0 Å². The van der Waals surface area contributed by atoms with Gasteiger partial charge in [0.1, 0.15) is 6.29 Å². The molecular formula is C24H53BO2. The second-order valence-electron chi connectivity index (χ2n) is 6.63. The molecule has 0 aliphatic carbocycles. The van der Waals surface area contributed by atoms with Gasteiger partial charge in [-0.05, 0) is 12.8 Å². The van der Waals surface area contributed by atoms with Crippen LogP contribution in [0.25, 0.3) is 0 Å². The number of carbonyl (C=O) groups is 1. The highest BCUT2D eigenvalue weighted by molar-refractivity contribution is 6.08. The Balaban J connectivity index is -0.000000152. The Bertz CT molecular complexity index is 187. The van der Waals surface area contributed by atoms with Gasteiger partial charge in [0.05, 0.1) is 7.85 Å². The van der Waals surface area contributed by atoms with E-state index in [1.54, 1.807) is 7.11 Å². The summed E-state index contributed by atoms with van der Waals surface area (Å²) < 4.78 is 4.99. The first-order valence-corrected chi connectivity index (χ1v) is 11.9. The topological polar surface area (TPSA) is 26.3 Å². The Morgan fingerprint density at radius 1 is 0.667 bits per heavy atom. The molecule has 3 heteroatoms. The molecule has 27 heavy (non-hydrogen) atoms. The smallest absolute Gasteiger partial charge is 0.119 e. The Morgan fingerprint density at radius 3 is 1.48 bits per heavy atom. The molecule has 0 unspecified atom stereocenters. The summed E-state index contributed by atoms with van der Waals surface area (Å²) >= 11 is 0. The number of ether oxygens (including phenoxy) is 1. The van der Waals surface area contributed by atoms with Gasteiger partial charge in [-0.25, -0.2) is 0 Å². The van der Waals surface area contributed by atoms with Crippen LogP contribution in [0.3, 0.4) is 0 Å². The molecule has 0 saturated heterocycles. The van der Waals surface area contributed by atoms with Crippen LogP contribution in [0.4, 0.5) is 0 Å². The van der Waals surface area contributed by atoms with Gasteiger partial charge < -0.3 is 9.53 Å². The zero-order valence-corrected chi connectivity index (χ0v) is 20.0. The third-order valence-electron chi connectivity index (χ3n) is 3.94. The maximum atomic E-state index is 9.74. The molecule has 0 spiro atoms. The van der Waals surface area contributed by atoms with E-state index in [1.807, 2.05) is 13.8 Å². The maximum absolute atomic E-state index is 9.74. The summed E-state index contributed by atoms with van der Waals surface area (Å²) in [5, 5.41) is 0. The van der Waals surface area contributed by atoms with Crippen LogP contribution >= 0.6 is 0 Å². The summed E-state index contributed by atoms with van der Waals surface area (Å²) in [6.45, 7) is 11.6. The van der Waals surface area contributed by atoms with Gasteiger partial charge in [-0.3, -0.25) is 0 Å². The SMILES string of the molecule is CC.CCCCC.CCCCCCCCCCOC.[B]CCCCCC=O. The number of rotatable bonds is 16. The quantitative estimate of drug-likeness (QED) is 0.152. The second-order valence-corrected chi connectivity index (χ2v) is 6.63. The molecule has 2 nitrogen and oxygen atoms in total. The molecule has 0 aliphatic heterocycles. The molecule has 0 aromatic carbocycles. The third-order valence-corrected chi connectivity index (χ3v) is 3.94. The highest BCUT2D eigenvalue weighted by Crippen LogP contribution is 2.08. The summed E-state index contributed by atoms with van der Waals surface area (Å²) in [6, 6.07) is 0. The molecular weight excluding hydrogens is 331 g/mol. The minimum atomic E-state index is 0.694. The van der Waals surface area contributed by atoms with Crippen molar-refractivity contribution >= 4 is 14.1 Å². The van der Waals surface area contributed by atoms with Crippen molar-refractivity contribution in [3.63, 3.8) is 0 Å². The zero-order valence-electron chi connectivity index (χ0n) is 20.0. The van der Waals surface area contributed by atoms with Crippen molar-refractivity contribution in [1.29, 1.82) is 0 Å². The van der Waals surface area contributed by atoms with Crippen molar-refractivity contribution in [3.05, 3.63) is 0 Å². The normalized spacial score (nSPS) is 9.11. The van der Waals surface area contributed by atoms with Crippen LogP contribution in [0.2, 0.25) is 6.32 Å². The minimum absolute atomic E-state index is 0.694. The summed E-state index contributed by atoms with van der Waals surface area (Å²) in [5.74, 6) is 0. The second kappa shape index (κ2) is 44.8. The predicted molar refractivity (Wildman–Crippen MR) is 126 cm³/mol. The molecule has 0 aromatic rings. The van der Waals surface area contributed by atoms with Crippen LogP contribution in [0.1, 0.15) is 131 Å². The number of methoxy groups -OCH3 is 1. The number of aldehydes is 1. The molecule has 0 rings (SSSR count). The first kappa shape index (κ1) is 34.2. The number of hydrogen-bond acceptors (Lipinski definition) is 2. The average molecular weight is 384 g/mol. The van der Waals surface area contributed by atoms with Crippen molar-refractivity contribution in [3.8, 4) is 0 Å². The van der Waals surface area contributed by atoms with Gasteiger partial charge in [0.25, 0.3) is 0 Å². The van der Waals surface area contributed by atoms with Crippen molar-refractivity contribution in [2.24, 2.45) is 0 Å². The largest absolute Gasteiger partial charge is 0.385 e. The monoisotopic (exact) mass is 384 g/mol. The van der Waals surface area contributed by atoms with E-state index in [4.69, 9.17) is 12.6 Å². The Kier molecular flexibility index (Phi) is 56.8. The summed E-state index contributed by atoms with van der Waals surface area (Å²) in [4.78, 5) is 9.74. The Hall–Kier alpha value is -0.305. The van der Waals surface area contributed by atoms with Gasteiger partial charge in [-0.15, -0.1) is 0 Å². The van der Waals surface area contributed by atoms with E-state index in [0.29, 0.717) is 6.42 Å². The molecule has 0 N–H and O–H groups in total. The number of hydrogen-bond donors (Lipinski definition) is 0. The van der Waals surface area contributed by atoms with Crippen molar-refractivity contribution in [1.82, 2.24) is 0 Å². The number of unbranched alkanes of at least 4 members (excludes halogenated alkanes) is 12. The molecule has 164 valence electrons. The lowest BCUT2D eigenvalue weighted by Gasteiger charge is -2.00. The van der Waals surface area contributed by atoms with Crippen LogP contribution in [-0.4, -0.2) is 27.8 Å². The molecule has 0 aromatic heterocycles. The van der Waals surface area contributed by atoms with Crippen LogP contribution in [-0.2, 0) is 9.53 Å². The van der Waals surface area contributed by atoms with E-state index in [-0.39, 0.29) is 0 Å². The van der Waals surface area contributed by atoms with Gasteiger partial charge in [0.2, 0.25) is 0 Å². The number of carbonyl (C=O) groups excluding carboxylic acids is 1. The van der Waals surface area contributed by atoms with Gasteiger partial charge in [0, 0.05) is 20.1 Å². The zero-order chi connectivity index (χ0) is 21.4. The predicted octanol–water partition coefficient (Wildman–Crippen LogP) is 8.33. The molecule has 2 radical (unpaired) electrons. The Labute approximate surface area is 175 Å². The van der Waals surface area contributed by atoms with Gasteiger partial charge >= 0.3 is 0 Å². The lowest BCUT2D eigenvalue weighted by atomic mass is 9.99. The van der Waals surface area contributed by atoms with E-state index in [0.717, 1.165) is 38.5 Å². The van der Waals surface area contributed by atoms with Crippen LogP contribution < -0.4 is 0 Å². The fourth-order valence-corrected chi connectivity index (χ4v) is 2.28. The van der Waals surface area contributed by atoms with E-state index < -0.39 is 0 Å². The molecule has 0 atom stereocenters. The summed E-state index contributed by atoms with van der Waals surface area (Å²) in [6.07, 6.45) is 20.6.